The standard InChI is InChI=1S/C22H37NO4/c1-13(2)16(11-18(23)20(25)9-14(3)21(26)27)10-15-7-8-17(12-19(15)24)22(4,5)6/h7-8,12-14,16,18,20,24-25H,9-11,23H2,1-6H3,(H,26,27). The minimum absolute atomic E-state index is 0.0270. The van der Waals surface area contributed by atoms with E-state index in [1.54, 1.807) is 6.92 Å². The lowest BCUT2D eigenvalue weighted by atomic mass is 9.81. The number of aliphatic hydroxyl groups is 1. The highest BCUT2D eigenvalue weighted by molar-refractivity contribution is 5.69. The predicted molar refractivity (Wildman–Crippen MR) is 109 cm³/mol. The lowest BCUT2D eigenvalue weighted by Gasteiger charge is -2.28. The first-order valence-electron chi connectivity index (χ1n) is 9.81. The number of phenols is 1. The van der Waals surface area contributed by atoms with Crippen molar-refractivity contribution in [1.29, 1.82) is 0 Å². The number of rotatable bonds is 9. The molecule has 4 atom stereocenters. The van der Waals surface area contributed by atoms with E-state index in [1.165, 1.54) is 0 Å². The Hall–Kier alpha value is -1.59. The fourth-order valence-corrected chi connectivity index (χ4v) is 3.22. The Morgan fingerprint density at radius 3 is 2.19 bits per heavy atom. The van der Waals surface area contributed by atoms with Crippen LogP contribution in [0.15, 0.2) is 18.2 Å². The van der Waals surface area contributed by atoms with Gasteiger partial charge in [0, 0.05) is 6.04 Å². The second kappa shape index (κ2) is 9.56. The molecule has 0 fully saturated rings. The zero-order valence-electron chi connectivity index (χ0n) is 17.6. The molecule has 5 N–H and O–H groups in total. The van der Waals surface area contributed by atoms with Crippen molar-refractivity contribution in [2.24, 2.45) is 23.5 Å². The predicted octanol–water partition coefficient (Wildman–Crippen LogP) is 3.69. The average molecular weight is 380 g/mol. The number of aromatic hydroxyl groups is 1. The topological polar surface area (TPSA) is 104 Å². The van der Waals surface area contributed by atoms with Crippen LogP contribution >= 0.6 is 0 Å². The second-order valence-corrected chi connectivity index (χ2v) is 9.24. The van der Waals surface area contributed by atoms with Crippen LogP contribution in [0.1, 0.15) is 65.5 Å². The highest BCUT2D eigenvalue weighted by Gasteiger charge is 2.26. The molecule has 1 aromatic carbocycles. The zero-order chi connectivity index (χ0) is 20.9. The first-order valence-corrected chi connectivity index (χ1v) is 9.81. The summed E-state index contributed by atoms with van der Waals surface area (Å²) in [5, 5.41) is 29.7. The molecule has 1 rings (SSSR count). The zero-order valence-corrected chi connectivity index (χ0v) is 17.6. The molecule has 4 unspecified atom stereocenters. The van der Waals surface area contributed by atoms with E-state index < -0.39 is 24.0 Å². The summed E-state index contributed by atoms with van der Waals surface area (Å²) in [4.78, 5) is 11.0. The molecule has 0 aliphatic carbocycles. The van der Waals surface area contributed by atoms with Crippen molar-refractivity contribution < 1.29 is 20.1 Å². The van der Waals surface area contributed by atoms with Gasteiger partial charge in [-0.25, -0.2) is 0 Å². The monoisotopic (exact) mass is 379 g/mol. The summed E-state index contributed by atoms with van der Waals surface area (Å²) >= 11 is 0. The summed E-state index contributed by atoms with van der Waals surface area (Å²) in [6.07, 6.45) is 0.538. The Labute approximate surface area is 163 Å². The van der Waals surface area contributed by atoms with Crippen molar-refractivity contribution in [3.8, 4) is 5.75 Å². The third-order valence-electron chi connectivity index (χ3n) is 5.46. The minimum Gasteiger partial charge on any atom is -0.508 e. The Morgan fingerprint density at radius 2 is 1.74 bits per heavy atom. The van der Waals surface area contributed by atoms with Gasteiger partial charge >= 0.3 is 5.97 Å². The van der Waals surface area contributed by atoms with Crippen LogP contribution in [0.3, 0.4) is 0 Å². The van der Waals surface area contributed by atoms with Gasteiger partial charge in [0.05, 0.1) is 12.0 Å². The molecule has 0 aromatic heterocycles. The van der Waals surface area contributed by atoms with Crippen molar-refractivity contribution >= 4 is 5.97 Å². The Morgan fingerprint density at radius 1 is 1.15 bits per heavy atom. The molecule has 5 nitrogen and oxygen atoms in total. The molecular weight excluding hydrogens is 342 g/mol. The first-order chi connectivity index (χ1) is 12.3. The summed E-state index contributed by atoms with van der Waals surface area (Å²) in [7, 11) is 0. The lowest BCUT2D eigenvalue weighted by Crippen LogP contribution is -2.39. The minimum atomic E-state index is -0.925. The SMILES string of the molecule is CC(CC(O)C(N)CC(Cc1ccc(C(C)(C)C)cc1O)C(C)C)C(=O)O. The van der Waals surface area contributed by atoms with Crippen molar-refractivity contribution in [3.05, 3.63) is 29.3 Å². The highest BCUT2D eigenvalue weighted by Crippen LogP contribution is 2.31. The number of nitrogens with two attached hydrogens (primary N) is 1. The van der Waals surface area contributed by atoms with Gasteiger partial charge in [0.2, 0.25) is 0 Å². The number of carboxylic acids is 1. The Bertz CT molecular complexity index is 621. The van der Waals surface area contributed by atoms with Gasteiger partial charge in [0.15, 0.2) is 0 Å². The summed E-state index contributed by atoms with van der Waals surface area (Å²) in [5.74, 6) is -0.757. The number of carboxylic acid groups (broad SMARTS) is 1. The second-order valence-electron chi connectivity index (χ2n) is 9.24. The van der Waals surface area contributed by atoms with Gasteiger partial charge in [-0.15, -0.1) is 0 Å². The molecule has 0 heterocycles. The fourth-order valence-electron chi connectivity index (χ4n) is 3.22. The molecule has 0 bridgehead atoms. The van der Waals surface area contributed by atoms with Crippen LogP contribution in [-0.2, 0) is 16.6 Å². The van der Waals surface area contributed by atoms with Crippen molar-refractivity contribution in [2.75, 3.05) is 0 Å². The van der Waals surface area contributed by atoms with Gasteiger partial charge in [0.25, 0.3) is 0 Å². The van der Waals surface area contributed by atoms with E-state index in [-0.39, 0.29) is 17.8 Å². The number of aliphatic carboxylic acids is 1. The molecule has 27 heavy (non-hydrogen) atoms. The maximum Gasteiger partial charge on any atom is 0.306 e. The van der Waals surface area contributed by atoms with Gasteiger partial charge in [-0.1, -0.05) is 53.7 Å². The number of hydrogen-bond acceptors (Lipinski definition) is 4. The van der Waals surface area contributed by atoms with E-state index in [4.69, 9.17) is 10.8 Å². The molecule has 0 aliphatic heterocycles. The van der Waals surface area contributed by atoms with Crippen LogP contribution in [0.5, 0.6) is 5.75 Å². The maximum absolute atomic E-state index is 11.0. The third kappa shape index (κ3) is 7.15. The summed E-state index contributed by atoms with van der Waals surface area (Å²) in [6, 6.07) is 5.36. The number of phenolic OH excluding ortho intramolecular Hbond substituents is 1. The van der Waals surface area contributed by atoms with E-state index in [0.29, 0.717) is 24.5 Å². The van der Waals surface area contributed by atoms with Crippen LogP contribution < -0.4 is 5.73 Å². The summed E-state index contributed by atoms with van der Waals surface area (Å²) < 4.78 is 0. The van der Waals surface area contributed by atoms with Crippen molar-refractivity contribution in [2.45, 2.75) is 78.4 Å². The molecule has 154 valence electrons. The molecule has 0 saturated carbocycles. The van der Waals surface area contributed by atoms with Gasteiger partial charge in [0.1, 0.15) is 5.75 Å². The van der Waals surface area contributed by atoms with E-state index in [0.717, 1.165) is 11.1 Å². The fraction of sp³-hybridized carbons (Fsp3) is 0.682. The number of hydrogen-bond donors (Lipinski definition) is 4. The molecule has 1 aromatic rings. The van der Waals surface area contributed by atoms with E-state index in [2.05, 4.69) is 40.7 Å². The van der Waals surface area contributed by atoms with E-state index in [9.17, 15) is 15.0 Å². The summed E-state index contributed by atoms with van der Waals surface area (Å²) in [6.45, 7) is 12.1. The van der Waals surface area contributed by atoms with E-state index in [1.807, 2.05) is 12.1 Å². The number of aliphatic hydroxyl groups excluding tert-OH is 1. The van der Waals surface area contributed by atoms with Gasteiger partial charge in [-0.05, 0) is 53.7 Å². The molecular formula is C22H37NO4. The van der Waals surface area contributed by atoms with Crippen LogP contribution in [0.2, 0.25) is 0 Å². The Kier molecular flexibility index (Phi) is 8.30. The third-order valence-corrected chi connectivity index (χ3v) is 5.46. The highest BCUT2D eigenvalue weighted by atomic mass is 16.4. The quantitative estimate of drug-likeness (QED) is 0.524. The largest absolute Gasteiger partial charge is 0.508 e. The van der Waals surface area contributed by atoms with Gasteiger partial charge < -0.3 is 21.1 Å². The van der Waals surface area contributed by atoms with Crippen LogP contribution in [0.4, 0.5) is 0 Å². The molecule has 0 spiro atoms. The normalized spacial score (nSPS) is 16.8. The molecule has 0 amide bonds. The van der Waals surface area contributed by atoms with Crippen LogP contribution in [0.25, 0.3) is 0 Å². The maximum atomic E-state index is 11.0. The van der Waals surface area contributed by atoms with Gasteiger partial charge in [-0.2, -0.15) is 0 Å². The Balaban J connectivity index is 2.84. The lowest BCUT2D eigenvalue weighted by molar-refractivity contribution is -0.142. The molecule has 0 radical (unpaired) electrons. The van der Waals surface area contributed by atoms with Gasteiger partial charge in [-0.3, -0.25) is 4.79 Å². The number of benzene rings is 1. The van der Waals surface area contributed by atoms with Crippen LogP contribution in [0, 0.1) is 17.8 Å². The van der Waals surface area contributed by atoms with Crippen molar-refractivity contribution in [3.63, 3.8) is 0 Å². The summed E-state index contributed by atoms with van der Waals surface area (Å²) in [5.41, 5.74) is 8.10. The first kappa shape index (κ1) is 23.4. The number of carbonyl (C=O) groups is 1. The smallest absolute Gasteiger partial charge is 0.306 e. The van der Waals surface area contributed by atoms with Crippen LogP contribution in [-0.4, -0.2) is 33.4 Å². The molecule has 5 heteroatoms. The molecule has 0 saturated heterocycles. The van der Waals surface area contributed by atoms with E-state index >= 15 is 0 Å². The molecule has 0 aliphatic rings. The van der Waals surface area contributed by atoms with Crippen molar-refractivity contribution in [1.82, 2.24) is 0 Å². The average Bonchev–Trinajstić information content (AvgIpc) is 2.54.